The second-order valence-corrected chi connectivity index (χ2v) is 7.64. The molecule has 1 aromatic rings. The van der Waals surface area contributed by atoms with E-state index in [9.17, 15) is 9.59 Å². The molecule has 1 saturated carbocycles. The van der Waals surface area contributed by atoms with E-state index >= 15 is 0 Å². The number of aromatic amines is 1. The largest absolute Gasteiger partial charge is 0.354 e. The Kier molecular flexibility index (Phi) is 5.94. The molecule has 1 amide bonds. The third-order valence-electron chi connectivity index (χ3n) is 5.84. The number of carbonyl (C=O) groups is 2. The number of H-pyrrole nitrogens is 1. The number of rotatable bonds is 6. The van der Waals surface area contributed by atoms with Crippen LogP contribution in [-0.4, -0.2) is 47.8 Å². The quantitative estimate of drug-likeness (QED) is 0.778. The van der Waals surface area contributed by atoms with Gasteiger partial charge in [-0.05, 0) is 58.2 Å². The lowest BCUT2D eigenvalue weighted by atomic mass is 9.94. The highest BCUT2D eigenvalue weighted by molar-refractivity contribution is 6.04. The molecule has 1 heterocycles. The Morgan fingerprint density at radius 2 is 1.96 bits per heavy atom. The molecule has 2 N–H and O–H groups in total. The van der Waals surface area contributed by atoms with Gasteiger partial charge in [-0.1, -0.05) is 19.3 Å². The number of hydrogen-bond acceptors (Lipinski definition) is 3. The first-order valence-electron chi connectivity index (χ1n) is 9.81. The Labute approximate surface area is 150 Å². The van der Waals surface area contributed by atoms with E-state index in [-0.39, 0.29) is 11.7 Å². The van der Waals surface area contributed by atoms with E-state index in [1.54, 1.807) is 0 Å². The van der Waals surface area contributed by atoms with E-state index in [1.807, 2.05) is 6.92 Å². The number of ketones is 1. The SMILES string of the molecule is Cc1c(C(=O)NCCCN(C)C2CCCCC2)[nH]c2c1C(=O)CCC2. The molecule has 3 rings (SSSR count). The minimum Gasteiger partial charge on any atom is -0.354 e. The number of fused-ring (bicyclic) bond motifs is 1. The molecule has 0 unspecified atom stereocenters. The molecule has 138 valence electrons. The number of Topliss-reactive ketones (excluding diaryl/α,β-unsaturated/α-hetero) is 1. The summed E-state index contributed by atoms with van der Waals surface area (Å²) in [5.74, 6) is 0.0863. The van der Waals surface area contributed by atoms with Crippen LogP contribution in [0.25, 0.3) is 0 Å². The predicted molar refractivity (Wildman–Crippen MR) is 99.3 cm³/mol. The summed E-state index contributed by atoms with van der Waals surface area (Å²) in [6.45, 7) is 3.57. The molecule has 0 spiro atoms. The van der Waals surface area contributed by atoms with Crippen molar-refractivity contribution in [3.05, 3.63) is 22.5 Å². The van der Waals surface area contributed by atoms with Gasteiger partial charge in [-0.15, -0.1) is 0 Å². The van der Waals surface area contributed by atoms with Crippen LogP contribution < -0.4 is 5.32 Å². The summed E-state index contributed by atoms with van der Waals surface area (Å²) < 4.78 is 0. The van der Waals surface area contributed by atoms with Crippen LogP contribution in [0.3, 0.4) is 0 Å². The maximum absolute atomic E-state index is 12.5. The van der Waals surface area contributed by atoms with Crippen LogP contribution >= 0.6 is 0 Å². The van der Waals surface area contributed by atoms with E-state index in [0.717, 1.165) is 42.6 Å². The fraction of sp³-hybridized carbons (Fsp3) is 0.700. The standard InChI is InChI=1S/C20H31N3O2/c1-14-18-16(10-6-11-17(18)24)22-19(14)20(25)21-12-7-13-23(2)15-8-4-3-5-9-15/h15,22H,3-13H2,1-2H3,(H,21,25). The average Bonchev–Trinajstić information content (AvgIpc) is 2.97. The van der Waals surface area contributed by atoms with Crippen molar-refractivity contribution in [2.24, 2.45) is 0 Å². The molecule has 2 aliphatic carbocycles. The second-order valence-electron chi connectivity index (χ2n) is 7.64. The van der Waals surface area contributed by atoms with Crippen LogP contribution in [0.5, 0.6) is 0 Å². The molecule has 1 aromatic heterocycles. The maximum Gasteiger partial charge on any atom is 0.268 e. The molecule has 1 fully saturated rings. The first-order valence-corrected chi connectivity index (χ1v) is 9.81. The van der Waals surface area contributed by atoms with Gasteiger partial charge >= 0.3 is 0 Å². The number of amides is 1. The monoisotopic (exact) mass is 345 g/mol. The number of aromatic nitrogens is 1. The summed E-state index contributed by atoms with van der Waals surface area (Å²) in [5, 5.41) is 3.01. The number of nitrogens with zero attached hydrogens (tertiary/aromatic N) is 1. The molecule has 0 radical (unpaired) electrons. The van der Waals surface area contributed by atoms with Gasteiger partial charge in [-0.2, -0.15) is 0 Å². The smallest absolute Gasteiger partial charge is 0.268 e. The second kappa shape index (κ2) is 8.17. The zero-order valence-electron chi connectivity index (χ0n) is 15.6. The molecule has 2 aliphatic rings. The third kappa shape index (κ3) is 4.14. The topological polar surface area (TPSA) is 65.2 Å². The summed E-state index contributed by atoms with van der Waals surface area (Å²) in [4.78, 5) is 30.2. The van der Waals surface area contributed by atoms with Crippen molar-refractivity contribution in [2.45, 2.75) is 70.8 Å². The highest BCUT2D eigenvalue weighted by atomic mass is 16.2. The predicted octanol–water partition coefficient (Wildman–Crippen LogP) is 3.23. The number of nitrogens with one attached hydrogen (secondary N) is 2. The van der Waals surface area contributed by atoms with Gasteiger partial charge in [0.2, 0.25) is 0 Å². The Morgan fingerprint density at radius 1 is 1.20 bits per heavy atom. The Bertz CT molecular complexity index is 629. The van der Waals surface area contributed by atoms with Crippen molar-refractivity contribution < 1.29 is 9.59 Å². The van der Waals surface area contributed by atoms with E-state index in [1.165, 1.54) is 32.1 Å². The number of aryl methyl sites for hydroxylation is 1. The van der Waals surface area contributed by atoms with Crippen molar-refractivity contribution >= 4 is 11.7 Å². The minimum atomic E-state index is -0.0833. The summed E-state index contributed by atoms with van der Waals surface area (Å²) >= 11 is 0. The molecule has 5 heteroatoms. The fourth-order valence-electron chi connectivity index (χ4n) is 4.32. The lowest BCUT2D eigenvalue weighted by Gasteiger charge is -2.31. The van der Waals surface area contributed by atoms with Gasteiger partial charge in [0.15, 0.2) is 5.78 Å². The average molecular weight is 345 g/mol. The lowest BCUT2D eigenvalue weighted by Crippen LogP contribution is -2.36. The molecular formula is C20H31N3O2. The van der Waals surface area contributed by atoms with Crippen LogP contribution in [0.4, 0.5) is 0 Å². The Balaban J connectivity index is 1.47. The highest BCUT2D eigenvalue weighted by Crippen LogP contribution is 2.26. The fourth-order valence-corrected chi connectivity index (χ4v) is 4.32. The van der Waals surface area contributed by atoms with E-state index in [2.05, 4.69) is 22.2 Å². The Hall–Kier alpha value is -1.62. The lowest BCUT2D eigenvalue weighted by molar-refractivity contribution is 0.0944. The van der Waals surface area contributed by atoms with Gasteiger partial charge in [0, 0.05) is 30.3 Å². The van der Waals surface area contributed by atoms with Gasteiger partial charge < -0.3 is 15.2 Å². The van der Waals surface area contributed by atoms with Gasteiger partial charge in [-0.3, -0.25) is 9.59 Å². The Morgan fingerprint density at radius 3 is 2.68 bits per heavy atom. The summed E-state index contributed by atoms with van der Waals surface area (Å²) in [6, 6.07) is 0.716. The molecule has 0 atom stereocenters. The van der Waals surface area contributed by atoms with Crippen LogP contribution in [0.2, 0.25) is 0 Å². The molecule has 0 saturated heterocycles. The highest BCUT2D eigenvalue weighted by Gasteiger charge is 2.26. The van der Waals surface area contributed by atoms with Gasteiger partial charge in [-0.25, -0.2) is 0 Å². The zero-order chi connectivity index (χ0) is 17.8. The molecular weight excluding hydrogens is 314 g/mol. The van der Waals surface area contributed by atoms with Crippen LogP contribution in [0.1, 0.15) is 83.5 Å². The third-order valence-corrected chi connectivity index (χ3v) is 5.84. The van der Waals surface area contributed by atoms with Gasteiger partial charge in [0.05, 0.1) is 0 Å². The van der Waals surface area contributed by atoms with Crippen molar-refractivity contribution in [2.75, 3.05) is 20.1 Å². The van der Waals surface area contributed by atoms with Crippen molar-refractivity contribution in [3.8, 4) is 0 Å². The maximum atomic E-state index is 12.5. The molecule has 25 heavy (non-hydrogen) atoms. The van der Waals surface area contributed by atoms with Crippen molar-refractivity contribution in [1.29, 1.82) is 0 Å². The first-order chi connectivity index (χ1) is 12.1. The molecule has 5 nitrogen and oxygen atoms in total. The van der Waals surface area contributed by atoms with Crippen LogP contribution in [0.15, 0.2) is 0 Å². The summed E-state index contributed by atoms with van der Waals surface area (Å²) in [5.41, 5.74) is 3.08. The van der Waals surface area contributed by atoms with E-state index in [4.69, 9.17) is 0 Å². The normalized spacial score (nSPS) is 18.4. The first kappa shape index (κ1) is 18.2. The number of carbonyl (C=O) groups excluding carboxylic acids is 2. The zero-order valence-corrected chi connectivity index (χ0v) is 15.6. The van der Waals surface area contributed by atoms with Gasteiger partial charge in [0.25, 0.3) is 5.91 Å². The molecule has 0 aliphatic heterocycles. The van der Waals surface area contributed by atoms with Crippen LogP contribution in [0, 0.1) is 6.92 Å². The van der Waals surface area contributed by atoms with E-state index in [0.29, 0.717) is 24.7 Å². The number of hydrogen-bond donors (Lipinski definition) is 2. The minimum absolute atomic E-state index is 0.0833. The summed E-state index contributed by atoms with van der Waals surface area (Å²) in [6.07, 6.45) is 9.98. The van der Waals surface area contributed by atoms with E-state index < -0.39 is 0 Å². The summed E-state index contributed by atoms with van der Waals surface area (Å²) in [7, 11) is 2.20. The molecule has 0 aromatic carbocycles. The molecule has 0 bridgehead atoms. The van der Waals surface area contributed by atoms with Crippen molar-refractivity contribution in [1.82, 2.24) is 15.2 Å². The van der Waals surface area contributed by atoms with Crippen molar-refractivity contribution in [3.63, 3.8) is 0 Å². The van der Waals surface area contributed by atoms with Gasteiger partial charge in [0.1, 0.15) is 5.69 Å². The van der Waals surface area contributed by atoms with Crippen LogP contribution in [-0.2, 0) is 6.42 Å².